The van der Waals surface area contributed by atoms with Crippen LogP contribution in [0, 0.1) is 0 Å². The average Bonchev–Trinajstić information content (AvgIpc) is 2.66. The minimum Gasteiger partial charge on any atom is -0.455 e. The first kappa shape index (κ1) is 9.33. The van der Waals surface area contributed by atoms with E-state index >= 15 is 0 Å². The van der Waals surface area contributed by atoms with Crippen molar-refractivity contribution < 1.29 is 9.84 Å². The lowest BCUT2D eigenvalue weighted by Crippen LogP contribution is -1.80. The van der Waals surface area contributed by atoms with Gasteiger partial charge in [-0.25, -0.2) is 0 Å². The highest BCUT2D eigenvalue weighted by Gasteiger charge is 2.31. The zero-order chi connectivity index (χ0) is 9.14. The van der Waals surface area contributed by atoms with Crippen LogP contribution in [0.15, 0.2) is 23.0 Å². The molecular weight excluding hydrogens is 152 g/mol. The summed E-state index contributed by atoms with van der Waals surface area (Å²) in [7, 11) is 0. The second-order valence-corrected chi connectivity index (χ2v) is 3.43. The van der Waals surface area contributed by atoms with E-state index in [0.29, 0.717) is 0 Å². The van der Waals surface area contributed by atoms with Gasteiger partial charge in [0.2, 0.25) is 0 Å². The van der Waals surface area contributed by atoms with E-state index in [1.165, 1.54) is 11.1 Å². The fourth-order valence-electron chi connectivity index (χ4n) is 1.10. The summed E-state index contributed by atoms with van der Waals surface area (Å²) in [6.07, 6.45) is 3.61. The van der Waals surface area contributed by atoms with Crippen molar-refractivity contribution >= 4 is 0 Å². The number of aliphatic hydroxyl groups excluding tert-OH is 1. The Morgan fingerprint density at radius 1 is 1.50 bits per heavy atom. The predicted octanol–water partition coefficient (Wildman–Crippen LogP) is 2.36. The lowest BCUT2D eigenvalue weighted by Gasteiger charge is -1.94. The number of allylic oxidation sites excluding steroid dienone is 3. The molecule has 1 aliphatic rings. The minimum absolute atomic E-state index is 0.600. The highest BCUT2D eigenvalue weighted by atomic mass is 16.7. The zero-order valence-electron chi connectivity index (χ0n) is 7.92. The first-order chi connectivity index (χ1) is 5.61. The van der Waals surface area contributed by atoms with Crippen molar-refractivity contribution in [2.75, 3.05) is 0 Å². The molecule has 1 unspecified atom stereocenters. The van der Waals surface area contributed by atoms with E-state index in [0.717, 1.165) is 18.6 Å². The van der Waals surface area contributed by atoms with Gasteiger partial charge >= 0.3 is 0 Å². The lowest BCUT2D eigenvalue weighted by atomic mass is 10.1. The summed E-state index contributed by atoms with van der Waals surface area (Å²) >= 11 is 0. The first-order valence-corrected chi connectivity index (χ1v) is 4.29. The van der Waals surface area contributed by atoms with Crippen LogP contribution in [0.25, 0.3) is 0 Å². The molecular formula is C10H16O2. The van der Waals surface area contributed by atoms with E-state index in [1.54, 1.807) is 0 Å². The Bertz CT molecular complexity index is 222. The third kappa shape index (κ3) is 2.70. The Hall–Kier alpha value is -0.760. The van der Waals surface area contributed by atoms with Gasteiger partial charge in [0.25, 0.3) is 6.29 Å². The maximum absolute atomic E-state index is 8.91. The summed E-state index contributed by atoms with van der Waals surface area (Å²) in [5.74, 6) is 0.775. The smallest absolute Gasteiger partial charge is 0.256 e. The second-order valence-electron chi connectivity index (χ2n) is 3.43. The molecule has 0 bridgehead atoms. The Labute approximate surface area is 73.5 Å². The molecule has 1 saturated heterocycles. The molecule has 12 heavy (non-hydrogen) atoms. The number of hydrogen-bond donors (Lipinski definition) is 1. The van der Waals surface area contributed by atoms with Crippen molar-refractivity contribution in [1.82, 2.24) is 0 Å². The monoisotopic (exact) mass is 168 g/mol. The van der Waals surface area contributed by atoms with Gasteiger partial charge in [-0.3, -0.25) is 0 Å². The van der Waals surface area contributed by atoms with E-state index in [2.05, 4.69) is 19.9 Å². The summed E-state index contributed by atoms with van der Waals surface area (Å²) in [5, 5.41) is 8.91. The summed E-state index contributed by atoms with van der Waals surface area (Å²) in [6.45, 7) is 6.18. The summed E-state index contributed by atoms with van der Waals surface area (Å²) < 4.78 is 4.85. The SMILES string of the molecule is CC(C)=CCC/C(C)=C1\OC1O. The van der Waals surface area contributed by atoms with Crippen LogP contribution in [0.5, 0.6) is 0 Å². The normalized spacial score (nSPS) is 24.5. The largest absolute Gasteiger partial charge is 0.455 e. The van der Waals surface area contributed by atoms with Gasteiger partial charge in [-0.15, -0.1) is 0 Å². The number of rotatable bonds is 3. The van der Waals surface area contributed by atoms with Crippen molar-refractivity contribution in [3.63, 3.8) is 0 Å². The van der Waals surface area contributed by atoms with Gasteiger partial charge in [-0.05, 0) is 39.2 Å². The van der Waals surface area contributed by atoms with Crippen LogP contribution < -0.4 is 0 Å². The quantitative estimate of drug-likeness (QED) is 0.518. The molecule has 1 aliphatic heterocycles. The maximum Gasteiger partial charge on any atom is 0.256 e. The van der Waals surface area contributed by atoms with Gasteiger partial charge in [0, 0.05) is 0 Å². The standard InChI is InChI=1S/C10H16O2/c1-7(2)5-4-6-8(3)9-10(11)12-9/h5,10-11H,4,6H2,1-3H3/b9-8-. The van der Waals surface area contributed by atoms with Crippen LogP contribution in [-0.2, 0) is 4.74 Å². The Morgan fingerprint density at radius 3 is 2.50 bits per heavy atom. The van der Waals surface area contributed by atoms with Crippen LogP contribution in [0.2, 0.25) is 0 Å². The van der Waals surface area contributed by atoms with E-state index in [9.17, 15) is 0 Å². The lowest BCUT2D eigenvalue weighted by molar-refractivity contribution is 0.156. The van der Waals surface area contributed by atoms with Crippen molar-refractivity contribution in [1.29, 1.82) is 0 Å². The first-order valence-electron chi connectivity index (χ1n) is 4.29. The van der Waals surface area contributed by atoms with Crippen LogP contribution in [-0.4, -0.2) is 11.4 Å². The highest BCUT2D eigenvalue weighted by molar-refractivity contribution is 5.17. The number of hydrogen-bond acceptors (Lipinski definition) is 2. The number of epoxide rings is 1. The summed E-state index contributed by atoms with van der Waals surface area (Å²) in [4.78, 5) is 0. The molecule has 1 atom stereocenters. The minimum atomic E-state index is -0.600. The molecule has 1 rings (SSSR count). The van der Waals surface area contributed by atoms with Gasteiger partial charge < -0.3 is 9.84 Å². The molecule has 0 aliphatic carbocycles. The number of ether oxygens (including phenoxy) is 1. The van der Waals surface area contributed by atoms with Crippen molar-refractivity contribution in [3.8, 4) is 0 Å². The van der Waals surface area contributed by atoms with Crippen molar-refractivity contribution in [2.45, 2.75) is 39.9 Å². The molecule has 0 aromatic carbocycles. The predicted molar refractivity (Wildman–Crippen MR) is 48.5 cm³/mol. The molecule has 0 saturated carbocycles. The molecule has 2 heteroatoms. The Balaban J connectivity index is 2.29. The molecule has 1 fully saturated rings. The fraction of sp³-hybridized carbons (Fsp3) is 0.600. The van der Waals surface area contributed by atoms with E-state index in [1.807, 2.05) is 6.92 Å². The van der Waals surface area contributed by atoms with Gasteiger partial charge in [0.05, 0.1) is 0 Å². The maximum atomic E-state index is 8.91. The summed E-state index contributed by atoms with van der Waals surface area (Å²) in [5.41, 5.74) is 2.50. The molecule has 0 spiro atoms. The van der Waals surface area contributed by atoms with Gasteiger partial charge in [-0.1, -0.05) is 11.6 Å². The van der Waals surface area contributed by atoms with E-state index < -0.39 is 6.29 Å². The molecule has 1 N–H and O–H groups in total. The zero-order valence-corrected chi connectivity index (χ0v) is 7.92. The Kier molecular flexibility index (Phi) is 2.93. The van der Waals surface area contributed by atoms with Crippen molar-refractivity contribution in [3.05, 3.63) is 23.0 Å². The molecule has 0 aromatic heterocycles. The highest BCUT2D eigenvalue weighted by Crippen LogP contribution is 2.29. The molecule has 68 valence electrons. The van der Waals surface area contributed by atoms with Gasteiger partial charge in [-0.2, -0.15) is 0 Å². The Morgan fingerprint density at radius 2 is 2.08 bits per heavy atom. The molecule has 2 nitrogen and oxygen atoms in total. The molecule has 1 heterocycles. The molecule has 0 amide bonds. The van der Waals surface area contributed by atoms with Gasteiger partial charge in [0.15, 0.2) is 5.76 Å². The van der Waals surface area contributed by atoms with Crippen LogP contribution >= 0.6 is 0 Å². The second kappa shape index (κ2) is 3.76. The van der Waals surface area contributed by atoms with E-state index in [4.69, 9.17) is 9.84 Å². The number of aliphatic hydroxyl groups is 1. The van der Waals surface area contributed by atoms with Crippen LogP contribution in [0.3, 0.4) is 0 Å². The topological polar surface area (TPSA) is 32.8 Å². The summed E-state index contributed by atoms with van der Waals surface area (Å²) in [6, 6.07) is 0. The molecule has 0 radical (unpaired) electrons. The van der Waals surface area contributed by atoms with Crippen molar-refractivity contribution in [2.24, 2.45) is 0 Å². The van der Waals surface area contributed by atoms with Gasteiger partial charge in [0.1, 0.15) is 0 Å². The van der Waals surface area contributed by atoms with Crippen LogP contribution in [0.4, 0.5) is 0 Å². The third-order valence-electron chi connectivity index (χ3n) is 1.90. The average molecular weight is 168 g/mol. The molecule has 0 aromatic rings. The third-order valence-corrected chi connectivity index (χ3v) is 1.90. The van der Waals surface area contributed by atoms with Crippen LogP contribution in [0.1, 0.15) is 33.6 Å². The van der Waals surface area contributed by atoms with E-state index in [-0.39, 0.29) is 0 Å². The fourth-order valence-corrected chi connectivity index (χ4v) is 1.10.